The molecule has 0 fully saturated rings. The van der Waals surface area contributed by atoms with Crippen LogP contribution in [0, 0.1) is 0 Å². The van der Waals surface area contributed by atoms with Crippen molar-refractivity contribution in [3.63, 3.8) is 0 Å². The van der Waals surface area contributed by atoms with Gasteiger partial charge in [-0.15, -0.1) is 0 Å². The Morgan fingerprint density at radius 1 is 0.727 bits per heavy atom. The van der Waals surface area contributed by atoms with E-state index in [1.807, 2.05) is 12.2 Å². The summed E-state index contributed by atoms with van der Waals surface area (Å²) in [6.07, 6.45) is 3.01. The van der Waals surface area contributed by atoms with Crippen molar-refractivity contribution in [1.29, 1.82) is 0 Å². The van der Waals surface area contributed by atoms with E-state index in [4.69, 9.17) is 0 Å². The molecule has 0 saturated carbocycles. The highest BCUT2D eigenvalue weighted by Crippen LogP contribution is 2.09. The number of rotatable bonds is 6. The highest BCUT2D eigenvalue weighted by atomic mass is 28.3. The lowest BCUT2D eigenvalue weighted by Crippen LogP contribution is -2.44. The molecule has 0 aliphatic carbocycles. The Hall–Kier alpha value is -0.946. The van der Waals surface area contributed by atoms with Gasteiger partial charge in [0.25, 0.3) is 0 Å². The fourth-order valence-corrected chi connectivity index (χ4v) is 6.24. The Balaban J connectivity index is 2.99. The lowest BCUT2D eigenvalue weighted by Gasteiger charge is -2.23. The fourth-order valence-electron chi connectivity index (χ4n) is 2.28. The summed E-state index contributed by atoms with van der Waals surface area (Å²) in [5.41, 5.74) is 4.39. The Morgan fingerprint density at radius 3 is 1.23 bits per heavy atom. The number of aliphatic hydroxyl groups is 2. The van der Waals surface area contributed by atoms with E-state index in [1.54, 1.807) is 13.8 Å². The fraction of sp³-hybridized carbons (Fsp3) is 0.444. The minimum absolute atomic E-state index is 0.386. The maximum Gasteiger partial charge on any atom is 0.103 e. The molecule has 0 amide bonds. The lowest BCUT2D eigenvalue weighted by atomic mass is 10.4. The lowest BCUT2D eigenvalue weighted by molar-refractivity contribution is 0.244. The van der Waals surface area contributed by atoms with E-state index >= 15 is 0 Å². The van der Waals surface area contributed by atoms with Crippen molar-refractivity contribution < 1.29 is 10.2 Å². The topological polar surface area (TPSA) is 40.5 Å². The summed E-state index contributed by atoms with van der Waals surface area (Å²) in [6, 6.07) is 8.94. The predicted molar refractivity (Wildman–Crippen MR) is 102 cm³/mol. The summed E-state index contributed by atoms with van der Waals surface area (Å²) in [6.45, 7) is 12.7. The summed E-state index contributed by atoms with van der Waals surface area (Å²) < 4.78 is 0. The van der Waals surface area contributed by atoms with Gasteiger partial charge >= 0.3 is 0 Å². The van der Waals surface area contributed by atoms with Crippen molar-refractivity contribution in [1.82, 2.24) is 0 Å². The molecule has 122 valence electrons. The third-order valence-electron chi connectivity index (χ3n) is 3.96. The first-order chi connectivity index (χ1) is 10.0. The van der Waals surface area contributed by atoms with Gasteiger partial charge < -0.3 is 10.2 Å². The molecule has 2 atom stereocenters. The van der Waals surface area contributed by atoms with Crippen molar-refractivity contribution in [2.45, 2.75) is 52.2 Å². The van der Waals surface area contributed by atoms with Crippen LogP contribution in [-0.2, 0) is 0 Å². The van der Waals surface area contributed by atoms with Crippen LogP contribution < -0.4 is 10.4 Å². The van der Waals surface area contributed by atoms with Crippen molar-refractivity contribution in [2.75, 3.05) is 0 Å². The van der Waals surface area contributed by atoms with Crippen molar-refractivity contribution in [3.05, 3.63) is 47.8 Å². The van der Waals surface area contributed by atoms with Gasteiger partial charge in [0.05, 0.1) is 12.2 Å². The van der Waals surface area contributed by atoms with E-state index in [2.05, 4.69) is 61.9 Å². The zero-order valence-electron chi connectivity index (χ0n) is 14.7. The molecule has 1 aromatic rings. The Labute approximate surface area is 137 Å². The van der Waals surface area contributed by atoms with Gasteiger partial charge in [0.15, 0.2) is 0 Å². The van der Waals surface area contributed by atoms with Crippen molar-refractivity contribution in [3.8, 4) is 0 Å². The summed E-state index contributed by atoms with van der Waals surface area (Å²) in [5.74, 6) is 0. The van der Waals surface area contributed by atoms with Crippen LogP contribution in [0.4, 0.5) is 0 Å². The minimum Gasteiger partial charge on any atom is -0.389 e. The second kappa shape index (κ2) is 7.55. The third kappa shape index (κ3) is 5.68. The molecule has 1 aromatic carbocycles. The largest absolute Gasteiger partial charge is 0.389 e. The van der Waals surface area contributed by atoms with Crippen LogP contribution in [0.5, 0.6) is 0 Å². The van der Waals surface area contributed by atoms with Gasteiger partial charge in [-0.3, -0.25) is 0 Å². The Kier molecular flexibility index (Phi) is 6.55. The molecule has 22 heavy (non-hydrogen) atoms. The zero-order valence-corrected chi connectivity index (χ0v) is 16.7. The first-order valence-corrected chi connectivity index (χ1v) is 14.1. The Bertz CT molecular complexity index is 478. The van der Waals surface area contributed by atoms with Crippen molar-refractivity contribution in [2.24, 2.45) is 0 Å². The van der Waals surface area contributed by atoms with E-state index in [-0.39, 0.29) is 12.2 Å². The SMILES string of the molecule is CC(O)/C=C/[Si](C)(C)c1ccc([Si](C)(C)/C=C/C(C)O)cc1. The maximum atomic E-state index is 9.43. The minimum atomic E-state index is -1.64. The number of benzene rings is 1. The van der Waals surface area contributed by atoms with E-state index in [1.165, 1.54) is 10.4 Å². The molecule has 0 bridgehead atoms. The summed E-state index contributed by atoms with van der Waals surface area (Å²) in [4.78, 5) is 0. The first-order valence-electron chi connectivity index (χ1n) is 7.90. The van der Waals surface area contributed by atoms with E-state index in [9.17, 15) is 10.2 Å². The van der Waals surface area contributed by atoms with Crippen LogP contribution in [0.15, 0.2) is 47.8 Å². The van der Waals surface area contributed by atoms with Gasteiger partial charge in [-0.1, -0.05) is 84.4 Å². The number of aliphatic hydroxyl groups excluding tert-OH is 2. The highest BCUT2D eigenvalue weighted by Gasteiger charge is 2.23. The summed E-state index contributed by atoms with van der Waals surface area (Å²) in [7, 11) is -3.29. The van der Waals surface area contributed by atoms with Gasteiger partial charge in [-0.25, -0.2) is 0 Å². The molecule has 1 rings (SSSR count). The first kappa shape index (κ1) is 19.1. The molecular formula is C18H30O2Si2. The smallest absolute Gasteiger partial charge is 0.103 e. The second-order valence-electron chi connectivity index (χ2n) is 7.22. The molecule has 2 nitrogen and oxygen atoms in total. The highest BCUT2D eigenvalue weighted by molar-refractivity contribution is 6.95. The standard InChI is InChI=1S/C18H30O2Si2/c1-15(19)11-13-21(3,4)17-7-9-18(10-8-17)22(5,6)14-12-16(2)20/h7-16,19-20H,1-6H3/b13-11+,14-12+. The monoisotopic (exact) mass is 334 g/mol. The molecule has 0 aromatic heterocycles. The van der Waals surface area contributed by atoms with Crippen LogP contribution in [-0.4, -0.2) is 38.6 Å². The van der Waals surface area contributed by atoms with Gasteiger partial charge in [-0.2, -0.15) is 0 Å². The van der Waals surface area contributed by atoms with Gasteiger partial charge in [0, 0.05) is 0 Å². The van der Waals surface area contributed by atoms with Gasteiger partial charge in [-0.05, 0) is 13.8 Å². The molecule has 4 heteroatoms. The van der Waals surface area contributed by atoms with E-state index in [0.717, 1.165) is 0 Å². The average Bonchev–Trinajstić information content (AvgIpc) is 2.43. The van der Waals surface area contributed by atoms with Crippen LogP contribution in [0.2, 0.25) is 26.2 Å². The second-order valence-corrected chi connectivity index (χ2v) is 15.9. The van der Waals surface area contributed by atoms with E-state index in [0.29, 0.717) is 0 Å². The summed E-state index contributed by atoms with van der Waals surface area (Å²) in [5, 5.41) is 21.6. The molecule has 0 heterocycles. The van der Waals surface area contributed by atoms with Crippen molar-refractivity contribution >= 4 is 26.5 Å². The quantitative estimate of drug-likeness (QED) is 0.785. The molecule has 2 unspecified atom stereocenters. The molecule has 0 spiro atoms. The van der Waals surface area contributed by atoms with Crippen LogP contribution >= 0.6 is 0 Å². The molecule has 2 N–H and O–H groups in total. The van der Waals surface area contributed by atoms with Gasteiger partial charge in [0.2, 0.25) is 0 Å². The molecule has 0 radical (unpaired) electrons. The maximum absolute atomic E-state index is 9.43. The van der Waals surface area contributed by atoms with Crippen LogP contribution in [0.3, 0.4) is 0 Å². The summed E-state index contributed by atoms with van der Waals surface area (Å²) >= 11 is 0. The van der Waals surface area contributed by atoms with Gasteiger partial charge in [0.1, 0.15) is 16.1 Å². The predicted octanol–water partition coefficient (Wildman–Crippen LogP) is 2.47. The zero-order chi connectivity index (χ0) is 17.0. The molecular weight excluding hydrogens is 304 g/mol. The normalized spacial score (nSPS) is 16.4. The average molecular weight is 335 g/mol. The van der Waals surface area contributed by atoms with E-state index < -0.39 is 16.1 Å². The third-order valence-corrected chi connectivity index (χ3v) is 9.65. The molecule has 0 aliphatic rings. The number of hydrogen-bond donors (Lipinski definition) is 2. The molecule has 0 saturated heterocycles. The number of hydrogen-bond acceptors (Lipinski definition) is 2. The van der Waals surface area contributed by atoms with Crippen LogP contribution in [0.1, 0.15) is 13.8 Å². The molecule has 0 aliphatic heterocycles. The van der Waals surface area contributed by atoms with Crippen LogP contribution in [0.25, 0.3) is 0 Å². The Morgan fingerprint density at radius 2 is 1.00 bits per heavy atom.